The third-order valence-electron chi connectivity index (χ3n) is 4.57. The van der Waals surface area contributed by atoms with Gasteiger partial charge in [0.05, 0.1) is 12.9 Å². The molecule has 0 fully saturated rings. The van der Waals surface area contributed by atoms with Gasteiger partial charge < -0.3 is 18.6 Å². The summed E-state index contributed by atoms with van der Waals surface area (Å²) in [6.45, 7) is 4.89. The van der Waals surface area contributed by atoms with Crippen LogP contribution in [0.25, 0.3) is 6.08 Å². The highest BCUT2D eigenvalue weighted by atomic mass is 16.6. The number of nitrogens with zero attached hydrogens (tertiary/aromatic N) is 1. The van der Waals surface area contributed by atoms with Gasteiger partial charge in [0.25, 0.3) is 5.90 Å². The average molecular weight is 403 g/mol. The third kappa shape index (κ3) is 4.27. The predicted octanol–water partition coefficient (Wildman–Crippen LogP) is 4.91. The molecular weight excluding hydrogens is 382 g/mol. The third-order valence-corrected chi connectivity index (χ3v) is 4.57. The van der Waals surface area contributed by atoms with Crippen LogP contribution < -0.4 is 9.47 Å². The predicted molar refractivity (Wildman–Crippen MR) is 112 cm³/mol. The normalized spacial score (nSPS) is 14.5. The second-order valence-electron chi connectivity index (χ2n) is 6.67. The van der Waals surface area contributed by atoms with Crippen LogP contribution in [0.2, 0.25) is 0 Å². The van der Waals surface area contributed by atoms with Gasteiger partial charge in [0.2, 0.25) is 0 Å². The molecule has 0 spiro atoms. The summed E-state index contributed by atoms with van der Waals surface area (Å²) in [4.78, 5) is 16.4. The van der Waals surface area contributed by atoms with Crippen molar-refractivity contribution in [1.82, 2.24) is 0 Å². The van der Waals surface area contributed by atoms with Crippen molar-refractivity contribution in [3.8, 4) is 11.5 Å². The minimum absolute atomic E-state index is 0.152. The summed E-state index contributed by atoms with van der Waals surface area (Å²) in [6, 6.07) is 17.0. The maximum absolute atomic E-state index is 12.2. The van der Waals surface area contributed by atoms with Crippen LogP contribution in [-0.2, 0) is 16.1 Å². The first-order chi connectivity index (χ1) is 14.6. The Bertz CT molecular complexity index is 1110. The molecule has 2 aromatic carbocycles. The fourth-order valence-electron chi connectivity index (χ4n) is 3.00. The maximum Gasteiger partial charge on any atom is 0.363 e. The van der Waals surface area contributed by atoms with E-state index in [1.54, 1.807) is 18.2 Å². The molecule has 1 aliphatic rings. The van der Waals surface area contributed by atoms with Crippen LogP contribution in [0, 0.1) is 6.92 Å². The molecule has 0 saturated carbocycles. The monoisotopic (exact) mass is 403 g/mol. The van der Waals surface area contributed by atoms with Gasteiger partial charge in [-0.1, -0.05) is 30.3 Å². The number of furan rings is 1. The van der Waals surface area contributed by atoms with Crippen molar-refractivity contribution >= 4 is 17.9 Å². The molecule has 3 aromatic rings. The fraction of sp³-hybridized carbons (Fsp3) is 0.167. The molecule has 0 aliphatic carbocycles. The summed E-state index contributed by atoms with van der Waals surface area (Å²) in [5, 5.41) is 0. The number of aryl methyl sites for hydroxylation is 1. The Kier molecular flexibility index (Phi) is 5.66. The lowest BCUT2D eigenvalue weighted by Crippen LogP contribution is -2.04. The molecule has 152 valence electrons. The minimum atomic E-state index is -0.528. The van der Waals surface area contributed by atoms with Crippen LogP contribution in [0.3, 0.4) is 0 Å². The number of hydrogen-bond acceptors (Lipinski definition) is 6. The highest BCUT2D eigenvalue weighted by molar-refractivity contribution is 6.11. The minimum Gasteiger partial charge on any atom is -0.490 e. The standard InChI is InChI=1S/C24H21NO5/c1-3-27-22-14-17(10-11-20(22)29-15-18-8-5-4-7-16(18)2)13-19-24(26)30-23(25-19)21-9-6-12-28-21/h4-14H,3,15H2,1-2H3/b19-13-. The van der Waals surface area contributed by atoms with Crippen molar-refractivity contribution in [3.63, 3.8) is 0 Å². The smallest absolute Gasteiger partial charge is 0.363 e. The molecule has 30 heavy (non-hydrogen) atoms. The van der Waals surface area contributed by atoms with E-state index < -0.39 is 5.97 Å². The number of benzene rings is 2. The Morgan fingerprint density at radius 1 is 1.03 bits per heavy atom. The number of ether oxygens (including phenoxy) is 3. The Labute approximate surface area is 174 Å². The van der Waals surface area contributed by atoms with Gasteiger partial charge >= 0.3 is 5.97 Å². The Balaban J connectivity index is 1.56. The van der Waals surface area contributed by atoms with Crippen LogP contribution in [0.4, 0.5) is 0 Å². The van der Waals surface area contributed by atoms with Gasteiger partial charge in [0, 0.05) is 0 Å². The van der Waals surface area contributed by atoms with E-state index in [9.17, 15) is 4.79 Å². The van der Waals surface area contributed by atoms with Crippen molar-refractivity contribution in [2.45, 2.75) is 20.5 Å². The van der Waals surface area contributed by atoms with E-state index in [-0.39, 0.29) is 11.6 Å². The Morgan fingerprint density at radius 3 is 2.67 bits per heavy atom. The van der Waals surface area contributed by atoms with Crippen molar-refractivity contribution in [3.05, 3.63) is 89.0 Å². The Morgan fingerprint density at radius 2 is 1.90 bits per heavy atom. The molecule has 1 aromatic heterocycles. The summed E-state index contributed by atoms with van der Waals surface area (Å²) < 4.78 is 22.2. The summed E-state index contributed by atoms with van der Waals surface area (Å²) in [6.07, 6.45) is 3.14. The van der Waals surface area contributed by atoms with Crippen molar-refractivity contribution in [1.29, 1.82) is 0 Å². The molecular formula is C24H21NO5. The molecule has 0 bridgehead atoms. The van der Waals surface area contributed by atoms with Crippen LogP contribution >= 0.6 is 0 Å². The van der Waals surface area contributed by atoms with E-state index in [2.05, 4.69) is 18.0 Å². The quantitative estimate of drug-likeness (QED) is 0.414. The second kappa shape index (κ2) is 8.69. The van der Waals surface area contributed by atoms with Gasteiger partial charge in [-0.2, -0.15) is 0 Å². The summed E-state index contributed by atoms with van der Waals surface area (Å²) in [7, 11) is 0. The van der Waals surface area contributed by atoms with E-state index in [0.717, 1.165) is 11.1 Å². The van der Waals surface area contributed by atoms with E-state index in [1.165, 1.54) is 11.8 Å². The van der Waals surface area contributed by atoms with E-state index in [4.69, 9.17) is 18.6 Å². The van der Waals surface area contributed by atoms with Gasteiger partial charge in [0.15, 0.2) is 23.0 Å². The highest BCUT2D eigenvalue weighted by Gasteiger charge is 2.25. The van der Waals surface area contributed by atoms with E-state index in [1.807, 2.05) is 43.3 Å². The number of hydrogen-bond donors (Lipinski definition) is 0. The number of carbonyl (C=O) groups excluding carboxylic acids is 1. The van der Waals surface area contributed by atoms with Crippen molar-refractivity contribution in [2.75, 3.05) is 6.61 Å². The zero-order chi connectivity index (χ0) is 20.9. The topological polar surface area (TPSA) is 70.3 Å². The molecule has 0 radical (unpaired) electrons. The molecule has 0 N–H and O–H groups in total. The first-order valence-electron chi connectivity index (χ1n) is 9.64. The summed E-state index contributed by atoms with van der Waals surface area (Å²) in [5.74, 6) is 1.26. The summed E-state index contributed by atoms with van der Waals surface area (Å²) >= 11 is 0. The number of esters is 1. The van der Waals surface area contributed by atoms with Crippen molar-refractivity contribution in [2.24, 2.45) is 4.99 Å². The SMILES string of the molecule is CCOc1cc(/C=C2\N=C(c3ccco3)OC2=O)ccc1OCc1ccccc1C. The molecule has 0 saturated heterocycles. The van der Waals surface area contributed by atoms with Crippen LogP contribution in [0.1, 0.15) is 29.4 Å². The number of carbonyl (C=O) groups is 1. The number of cyclic esters (lactones) is 1. The lowest BCUT2D eigenvalue weighted by molar-refractivity contribution is -0.130. The molecule has 2 heterocycles. The van der Waals surface area contributed by atoms with Gasteiger partial charge in [-0.05, 0) is 60.9 Å². The fourth-order valence-corrected chi connectivity index (χ4v) is 3.00. The second-order valence-corrected chi connectivity index (χ2v) is 6.67. The summed E-state index contributed by atoms with van der Waals surface area (Å²) in [5.41, 5.74) is 3.22. The van der Waals surface area contributed by atoms with Crippen LogP contribution in [0.15, 0.2) is 76.0 Å². The lowest BCUT2D eigenvalue weighted by atomic mass is 10.1. The molecule has 4 rings (SSSR count). The highest BCUT2D eigenvalue weighted by Crippen LogP contribution is 2.31. The molecule has 0 unspecified atom stereocenters. The average Bonchev–Trinajstić information content (AvgIpc) is 3.39. The molecule has 1 aliphatic heterocycles. The Hall–Kier alpha value is -3.80. The zero-order valence-electron chi connectivity index (χ0n) is 16.8. The molecule has 0 atom stereocenters. The number of aliphatic imine (C=N–C) groups is 1. The van der Waals surface area contributed by atoms with Gasteiger partial charge in [0.1, 0.15) is 6.61 Å². The lowest BCUT2D eigenvalue weighted by Gasteiger charge is -2.13. The molecule has 6 nitrogen and oxygen atoms in total. The molecule has 0 amide bonds. The van der Waals surface area contributed by atoms with E-state index in [0.29, 0.717) is 30.5 Å². The first-order valence-corrected chi connectivity index (χ1v) is 9.64. The largest absolute Gasteiger partial charge is 0.490 e. The van der Waals surface area contributed by atoms with Crippen LogP contribution in [0.5, 0.6) is 11.5 Å². The first kappa shape index (κ1) is 19.5. The van der Waals surface area contributed by atoms with E-state index >= 15 is 0 Å². The number of rotatable bonds is 7. The maximum atomic E-state index is 12.2. The van der Waals surface area contributed by atoms with Gasteiger partial charge in [-0.15, -0.1) is 0 Å². The van der Waals surface area contributed by atoms with Crippen LogP contribution in [-0.4, -0.2) is 18.5 Å². The van der Waals surface area contributed by atoms with Gasteiger partial charge in [-0.25, -0.2) is 9.79 Å². The van der Waals surface area contributed by atoms with Gasteiger partial charge in [-0.3, -0.25) is 0 Å². The molecule has 6 heteroatoms. The van der Waals surface area contributed by atoms with Crippen molar-refractivity contribution < 1.29 is 23.4 Å². The zero-order valence-corrected chi connectivity index (χ0v) is 16.8.